The van der Waals surface area contributed by atoms with E-state index in [1.807, 2.05) is 14.1 Å². The number of thiazole rings is 1. The highest BCUT2D eigenvalue weighted by Crippen LogP contribution is 2.30. The van der Waals surface area contributed by atoms with E-state index < -0.39 is 11.6 Å². The molecule has 0 spiro atoms. The fourth-order valence-electron chi connectivity index (χ4n) is 3.37. The maximum Gasteiger partial charge on any atom is 0.230 e. The molecular weight excluding hydrogens is 358 g/mol. The number of carbonyl (C=O) groups excluding carboxylic acids is 1. The number of carbonyl (C=O) groups is 1. The van der Waals surface area contributed by atoms with Crippen LogP contribution in [0, 0.1) is 17.6 Å². The quantitative estimate of drug-likeness (QED) is 0.805. The summed E-state index contributed by atoms with van der Waals surface area (Å²) in [4.78, 5) is 19.0. The van der Waals surface area contributed by atoms with E-state index in [0.29, 0.717) is 9.83 Å². The smallest absolute Gasteiger partial charge is 0.230 e. The molecule has 1 amide bonds. The van der Waals surface area contributed by atoms with Crippen LogP contribution in [-0.2, 0) is 4.79 Å². The predicted molar refractivity (Wildman–Crippen MR) is 100 cm³/mol. The van der Waals surface area contributed by atoms with Crippen molar-refractivity contribution in [2.24, 2.45) is 5.92 Å². The topological polar surface area (TPSA) is 57.3 Å². The Hall–Kier alpha value is -1.64. The van der Waals surface area contributed by atoms with E-state index in [2.05, 4.69) is 20.5 Å². The maximum atomic E-state index is 13.8. The maximum absolute atomic E-state index is 13.8. The first-order valence-corrected chi connectivity index (χ1v) is 9.70. The standard InChI is InChI=1S/C18H24F2N4OS/c1-24(2)8-7-21-14-6-4-3-5-12(14)17(25)23-18-22-16-13(20)9-11(19)10-15(16)26-18/h9-10,12,14,21H,3-8H2,1-2H3,(H,22,23,25)/t12?,14-/m1/s1. The lowest BCUT2D eigenvalue weighted by Crippen LogP contribution is -2.46. The average molecular weight is 382 g/mol. The van der Waals surface area contributed by atoms with Crippen LogP contribution >= 0.6 is 11.3 Å². The molecule has 2 aromatic rings. The minimum atomic E-state index is -0.711. The summed E-state index contributed by atoms with van der Waals surface area (Å²) in [6.45, 7) is 1.74. The van der Waals surface area contributed by atoms with Gasteiger partial charge in [-0.3, -0.25) is 4.79 Å². The van der Waals surface area contributed by atoms with Crippen molar-refractivity contribution in [3.8, 4) is 0 Å². The molecule has 3 rings (SSSR count). The third-order valence-corrected chi connectivity index (χ3v) is 5.63. The third kappa shape index (κ3) is 4.55. The molecule has 0 aliphatic heterocycles. The van der Waals surface area contributed by atoms with Gasteiger partial charge in [0.05, 0.1) is 10.6 Å². The fourth-order valence-corrected chi connectivity index (χ4v) is 4.28. The highest BCUT2D eigenvalue weighted by atomic mass is 32.1. The number of aromatic nitrogens is 1. The van der Waals surface area contributed by atoms with Gasteiger partial charge in [0.1, 0.15) is 11.3 Å². The van der Waals surface area contributed by atoms with Crippen LogP contribution in [0.15, 0.2) is 12.1 Å². The van der Waals surface area contributed by atoms with Crippen LogP contribution in [0.3, 0.4) is 0 Å². The van der Waals surface area contributed by atoms with Gasteiger partial charge in [-0.15, -0.1) is 0 Å². The molecule has 2 N–H and O–H groups in total. The summed E-state index contributed by atoms with van der Waals surface area (Å²) in [6, 6.07) is 2.17. The van der Waals surface area contributed by atoms with E-state index in [9.17, 15) is 13.6 Å². The van der Waals surface area contributed by atoms with Gasteiger partial charge in [0.15, 0.2) is 10.9 Å². The number of hydrogen-bond acceptors (Lipinski definition) is 5. The monoisotopic (exact) mass is 382 g/mol. The van der Waals surface area contributed by atoms with Crippen molar-refractivity contribution in [1.82, 2.24) is 15.2 Å². The van der Waals surface area contributed by atoms with Crippen LogP contribution < -0.4 is 10.6 Å². The first kappa shape index (κ1) is 19.1. The van der Waals surface area contributed by atoms with Crippen LogP contribution in [0.1, 0.15) is 25.7 Å². The number of anilines is 1. The molecule has 1 aliphatic rings. The summed E-state index contributed by atoms with van der Waals surface area (Å²) in [5, 5.41) is 6.60. The summed E-state index contributed by atoms with van der Waals surface area (Å²) >= 11 is 1.09. The summed E-state index contributed by atoms with van der Waals surface area (Å²) in [6.07, 6.45) is 3.91. The van der Waals surface area contributed by atoms with Crippen LogP contribution in [0.25, 0.3) is 10.2 Å². The Bertz CT molecular complexity index is 780. The molecule has 2 atom stereocenters. The van der Waals surface area contributed by atoms with Gasteiger partial charge in [-0.25, -0.2) is 13.8 Å². The van der Waals surface area contributed by atoms with Gasteiger partial charge >= 0.3 is 0 Å². The molecule has 1 fully saturated rings. The summed E-state index contributed by atoms with van der Waals surface area (Å²) in [7, 11) is 4.03. The molecule has 1 aromatic heterocycles. The van der Waals surface area contributed by atoms with Crippen LogP contribution in [0.4, 0.5) is 13.9 Å². The highest BCUT2D eigenvalue weighted by Gasteiger charge is 2.31. The first-order chi connectivity index (χ1) is 12.4. The molecule has 0 radical (unpaired) electrons. The minimum absolute atomic E-state index is 0.0935. The van der Waals surface area contributed by atoms with E-state index in [-0.39, 0.29) is 23.4 Å². The van der Waals surface area contributed by atoms with Gasteiger partial charge in [0.2, 0.25) is 5.91 Å². The van der Waals surface area contributed by atoms with Crippen molar-refractivity contribution in [2.45, 2.75) is 31.7 Å². The normalized spacial score (nSPS) is 20.7. The SMILES string of the molecule is CN(C)CCN[C@@H]1CCCCC1C(=O)Nc1nc2c(F)cc(F)cc2s1. The van der Waals surface area contributed by atoms with E-state index >= 15 is 0 Å². The second-order valence-electron chi connectivity index (χ2n) is 7.00. The van der Waals surface area contributed by atoms with E-state index in [1.165, 1.54) is 6.07 Å². The minimum Gasteiger partial charge on any atom is -0.312 e. The predicted octanol–water partition coefficient (Wildman–Crippen LogP) is 3.22. The molecule has 1 heterocycles. The zero-order chi connectivity index (χ0) is 18.7. The largest absolute Gasteiger partial charge is 0.312 e. The number of fused-ring (bicyclic) bond motifs is 1. The Kier molecular flexibility index (Phi) is 6.16. The molecule has 1 aliphatic carbocycles. The number of nitrogens with zero attached hydrogens (tertiary/aromatic N) is 2. The molecule has 26 heavy (non-hydrogen) atoms. The fraction of sp³-hybridized carbons (Fsp3) is 0.556. The van der Waals surface area contributed by atoms with Gasteiger partial charge in [-0.05, 0) is 33.0 Å². The van der Waals surface area contributed by atoms with Crippen LogP contribution in [-0.4, -0.2) is 49.0 Å². The number of hydrogen-bond donors (Lipinski definition) is 2. The second kappa shape index (κ2) is 8.37. The van der Waals surface area contributed by atoms with Crippen LogP contribution in [0.2, 0.25) is 0 Å². The number of rotatable bonds is 6. The molecule has 1 aromatic carbocycles. The Morgan fingerprint density at radius 1 is 1.31 bits per heavy atom. The number of halogens is 2. The van der Waals surface area contributed by atoms with Gasteiger partial charge < -0.3 is 15.5 Å². The van der Waals surface area contributed by atoms with Crippen molar-refractivity contribution < 1.29 is 13.6 Å². The molecule has 8 heteroatoms. The van der Waals surface area contributed by atoms with Crippen molar-refractivity contribution >= 4 is 32.6 Å². The Morgan fingerprint density at radius 3 is 2.85 bits per heavy atom. The van der Waals surface area contributed by atoms with Crippen molar-refractivity contribution in [3.63, 3.8) is 0 Å². The zero-order valence-electron chi connectivity index (χ0n) is 15.0. The van der Waals surface area contributed by atoms with Crippen molar-refractivity contribution in [2.75, 3.05) is 32.5 Å². The van der Waals surface area contributed by atoms with Crippen molar-refractivity contribution in [1.29, 1.82) is 0 Å². The Balaban J connectivity index is 1.68. The number of nitrogens with one attached hydrogen (secondary N) is 2. The molecular formula is C18H24F2N4OS. The number of likely N-dealkylation sites (N-methyl/N-ethyl adjacent to an activating group) is 1. The number of benzene rings is 1. The molecule has 0 saturated heterocycles. The summed E-state index contributed by atoms with van der Waals surface area (Å²) < 4.78 is 27.5. The molecule has 0 bridgehead atoms. The van der Waals surface area contributed by atoms with Gasteiger partial charge in [-0.2, -0.15) is 0 Å². The second-order valence-corrected chi connectivity index (χ2v) is 8.03. The lowest BCUT2D eigenvalue weighted by molar-refractivity contribution is -0.121. The molecule has 5 nitrogen and oxygen atoms in total. The Morgan fingerprint density at radius 2 is 2.08 bits per heavy atom. The van der Waals surface area contributed by atoms with Crippen LogP contribution in [0.5, 0.6) is 0 Å². The summed E-state index contributed by atoms with van der Waals surface area (Å²) in [5.74, 6) is -1.60. The van der Waals surface area contributed by atoms with Gasteiger partial charge in [0.25, 0.3) is 0 Å². The molecule has 142 valence electrons. The summed E-state index contributed by atoms with van der Waals surface area (Å²) in [5.41, 5.74) is 0.0935. The molecule has 1 saturated carbocycles. The van der Waals surface area contributed by atoms with E-state index in [1.54, 1.807) is 0 Å². The average Bonchev–Trinajstić information content (AvgIpc) is 2.97. The van der Waals surface area contributed by atoms with Gasteiger partial charge in [0, 0.05) is 25.2 Å². The Labute approximate surface area is 155 Å². The van der Waals surface area contributed by atoms with Gasteiger partial charge in [-0.1, -0.05) is 24.2 Å². The third-order valence-electron chi connectivity index (χ3n) is 4.71. The highest BCUT2D eigenvalue weighted by molar-refractivity contribution is 7.22. The van der Waals surface area contributed by atoms with E-state index in [4.69, 9.17) is 0 Å². The molecule has 1 unspecified atom stereocenters. The van der Waals surface area contributed by atoms with E-state index in [0.717, 1.165) is 56.2 Å². The number of amides is 1. The lowest BCUT2D eigenvalue weighted by atomic mass is 9.84. The zero-order valence-corrected chi connectivity index (χ0v) is 15.8. The van der Waals surface area contributed by atoms with Crippen molar-refractivity contribution in [3.05, 3.63) is 23.8 Å². The first-order valence-electron chi connectivity index (χ1n) is 8.88. The lowest BCUT2D eigenvalue weighted by Gasteiger charge is -2.31.